The minimum absolute atomic E-state index is 0.00219. The number of rotatable bonds is 8. The highest BCUT2D eigenvalue weighted by atomic mass is 19.1. The van der Waals surface area contributed by atoms with Crippen LogP contribution in [0.5, 0.6) is 5.88 Å². The van der Waals surface area contributed by atoms with Crippen molar-refractivity contribution in [1.82, 2.24) is 30.1 Å². The highest BCUT2D eigenvalue weighted by Gasteiger charge is 2.35. The van der Waals surface area contributed by atoms with Crippen molar-refractivity contribution in [3.8, 4) is 5.88 Å². The largest absolute Gasteiger partial charge is 0.474 e. The average Bonchev–Trinajstić information content (AvgIpc) is 3.19. The Morgan fingerprint density at radius 2 is 1.77 bits per heavy atom. The third-order valence-electron chi connectivity index (χ3n) is 12.2. The van der Waals surface area contributed by atoms with Gasteiger partial charge in [0.2, 0.25) is 29.5 Å². The number of nitrogens with zero attached hydrogens (tertiary/aromatic N) is 8. The SMILES string of the molecule is Cc1c(N2CCc3cnc(Nc4ccc(CC(=O)N5CCN(C6CN(c7ccc(C8CCC(=O)NC8=O)cc7)C6)CC5)c(F)c4)nc3C2)cnc2c1N(C)CCO2. The van der Waals surface area contributed by atoms with Crippen molar-refractivity contribution in [2.45, 2.75) is 51.1 Å². The molecule has 57 heavy (non-hydrogen) atoms. The van der Waals surface area contributed by atoms with E-state index in [9.17, 15) is 14.4 Å². The molecule has 5 aliphatic heterocycles. The summed E-state index contributed by atoms with van der Waals surface area (Å²) in [6, 6.07) is 13.3. The summed E-state index contributed by atoms with van der Waals surface area (Å²) in [4.78, 5) is 62.0. The number of likely N-dealkylation sites (N-methyl/N-ethyl adjacent to an activating group) is 1. The normalized spacial score (nSPS) is 20.0. The molecule has 0 aliphatic carbocycles. The lowest BCUT2D eigenvalue weighted by atomic mass is 9.90. The van der Waals surface area contributed by atoms with Crippen LogP contribution in [0.25, 0.3) is 0 Å². The molecule has 0 radical (unpaired) electrons. The molecule has 296 valence electrons. The van der Waals surface area contributed by atoms with Gasteiger partial charge in [0, 0.05) is 88.5 Å². The number of amides is 3. The fourth-order valence-corrected chi connectivity index (χ4v) is 8.73. The van der Waals surface area contributed by atoms with E-state index in [0.717, 1.165) is 85.1 Å². The quantitative estimate of drug-likeness (QED) is 0.253. The Hall–Kier alpha value is -5.83. The number of imide groups is 1. The molecular formula is C42H47FN10O4. The third kappa shape index (κ3) is 7.43. The van der Waals surface area contributed by atoms with E-state index in [0.29, 0.717) is 68.2 Å². The van der Waals surface area contributed by atoms with E-state index in [-0.39, 0.29) is 30.1 Å². The Kier molecular flexibility index (Phi) is 9.85. The average molecular weight is 775 g/mol. The van der Waals surface area contributed by atoms with Gasteiger partial charge >= 0.3 is 0 Å². The van der Waals surface area contributed by atoms with E-state index in [1.165, 1.54) is 6.07 Å². The number of fused-ring (bicyclic) bond motifs is 2. The predicted molar refractivity (Wildman–Crippen MR) is 214 cm³/mol. The molecule has 2 aromatic heterocycles. The summed E-state index contributed by atoms with van der Waals surface area (Å²) in [7, 11) is 2.06. The summed E-state index contributed by atoms with van der Waals surface area (Å²) < 4.78 is 21.2. The molecule has 3 amide bonds. The van der Waals surface area contributed by atoms with Crippen LogP contribution in [0.2, 0.25) is 0 Å². The lowest BCUT2D eigenvalue weighted by Crippen LogP contribution is -2.63. The maximum atomic E-state index is 15.4. The Bertz CT molecular complexity index is 2210. The molecule has 1 unspecified atom stereocenters. The Balaban J connectivity index is 0.750. The van der Waals surface area contributed by atoms with Crippen LogP contribution < -0.4 is 30.1 Å². The van der Waals surface area contributed by atoms with Crippen molar-refractivity contribution in [1.29, 1.82) is 0 Å². The molecule has 5 aliphatic rings. The third-order valence-corrected chi connectivity index (χ3v) is 12.2. The molecule has 3 fully saturated rings. The van der Waals surface area contributed by atoms with Gasteiger partial charge in [-0.15, -0.1) is 0 Å². The van der Waals surface area contributed by atoms with E-state index in [1.807, 2.05) is 41.6 Å². The van der Waals surface area contributed by atoms with Gasteiger partial charge in [-0.2, -0.15) is 0 Å². The Labute approximate surface area is 331 Å². The maximum absolute atomic E-state index is 15.4. The first-order chi connectivity index (χ1) is 27.7. The number of halogens is 1. The number of pyridine rings is 1. The van der Waals surface area contributed by atoms with E-state index < -0.39 is 5.82 Å². The molecule has 1 atom stereocenters. The standard InChI is InChI=1S/C42H47FN10O4/c1-26-36(22-44-41-39(26)49(2)17-18-57-41)52-12-11-29-21-45-42(47-35(29)25-52)46-30-6-3-28(34(43)20-30)19-38(55)51-15-13-50(14-16-51)32-23-53(24-32)31-7-4-27(5-8-31)33-9-10-37(54)48-40(33)56/h3-8,20-22,32-33H,9-19,23-25H2,1-2H3,(H,45,46,47)(H,48,54,56). The lowest BCUT2D eigenvalue weighted by Gasteiger charge is -2.49. The van der Waals surface area contributed by atoms with Crippen LogP contribution in [0, 0.1) is 12.7 Å². The highest BCUT2D eigenvalue weighted by molar-refractivity contribution is 6.01. The van der Waals surface area contributed by atoms with Crippen LogP contribution in [0.3, 0.4) is 0 Å². The number of ether oxygens (including phenoxy) is 1. The second kappa shape index (κ2) is 15.3. The molecule has 4 aromatic rings. The molecule has 0 saturated carbocycles. The van der Waals surface area contributed by atoms with Crippen LogP contribution in [-0.4, -0.2) is 115 Å². The zero-order valence-corrected chi connectivity index (χ0v) is 32.3. The zero-order chi connectivity index (χ0) is 39.2. The predicted octanol–water partition coefficient (Wildman–Crippen LogP) is 3.55. The Morgan fingerprint density at radius 3 is 2.54 bits per heavy atom. The van der Waals surface area contributed by atoms with Gasteiger partial charge < -0.3 is 29.7 Å². The van der Waals surface area contributed by atoms with Crippen molar-refractivity contribution in [3.05, 3.63) is 88.6 Å². The number of hydrogen-bond donors (Lipinski definition) is 2. The van der Waals surface area contributed by atoms with Crippen LogP contribution >= 0.6 is 0 Å². The lowest BCUT2D eigenvalue weighted by molar-refractivity contribution is -0.134. The number of piperazine rings is 1. The summed E-state index contributed by atoms with van der Waals surface area (Å²) in [5.41, 5.74) is 8.13. The summed E-state index contributed by atoms with van der Waals surface area (Å²) in [5.74, 6) is -0.167. The molecule has 7 heterocycles. The van der Waals surface area contributed by atoms with Crippen LogP contribution in [0.1, 0.15) is 46.7 Å². The number of benzene rings is 2. The van der Waals surface area contributed by atoms with Gasteiger partial charge in [0.25, 0.3) is 0 Å². The van der Waals surface area contributed by atoms with Gasteiger partial charge in [0.05, 0.1) is 43.0 Å². The molecule has 14 nitrogen and oxygen atoms in total. The van der Waals surface area contributed by atoms with Crippen LogP contribution in [0.15, 0.2) is 54.9 Å². The minimum atomic E-state index is -0.444. The number of nitrogens with one attached hydrogen (secondary N) is 2. The van der Waals surface area contributed by atoms with Gasteiger partial charge in [-0.25, -0.2) is 19.3 Å². The summed E-state index contributed by atoms with van der Waals surface area (Å²) in [6.07, 6.45) is 5.44. The fourth-order valence-electron chi connectivity index (χ4n) is 8.73. The first-order valence-electron chi connectivity index (χ1n) is 19.9. The Morgan fingerprint density at radius 1 is 0.965 bits per heavy atom. The summed E-state index contributed by atoms with van der Waals surface area (Å²) >= 11 is 0. The number of piperidine rings is 1. The highest BCUT2D eigenvalue weighted by Crippen LogP contribution is 2.38. The van der Waals surface area contributed by atoms with E-state index >= 15 is 4.39 Å². The summed E-state index contributed by atoms with van der Waals surface area (Å²) in [5, 5.41) is 5.60. The van der Waals surface area contributed by atoms with Gasteiger partial charge in [-0.1, -0.05) is 18.2 Å². The number of hydrogen-bond acceptors (Lipinski definition) is 12. The topological polar surface area (TPSA) is 139 Å². The minimum Gasteiger partial charge on any atom is -0.474 e. The van der Waals surface area contributed by atoms with Crippen LogP contribution in [-0.2, 0) is 33.8 Å². The molecule has 0 bridgehead atoms. The van der Waals surface area contributed by atoms with Crippen molar-refractivity contribution >= 4 is 46.4 Å². The van der Waals surface area contributed by atoms with Crippen molar-refractivity contribution in [3.63, 3.8) is 0 Å². The van der Waals surface area contributed by atoms with E-state index in [4.69, 9.17) is 9.72 Å². The molecular weight excluding hydrogens is 728 g/mol. The van der Waals surface area contributed by atoms with E-state index in [1.54, 1.807) is 12.1 Å². The molecule has 3 saturated heterocycles. The fraction of sp³-hybridized carbons (Fsp3) is 0.429. The van der Waals surface area contributed by atoms with Gasteiger partial charge in [0.1, 0.15) is 18.1 Å². The molecule has 2 N–H and O–H groups in total. The van der Waals surface area contributed by atoms with Crippen molar-refractivity contribution < 1.29 is 23.5 Å². The molecule has 9 rings (SSSR count). The number of carbonyl (C=O) groups is 3. The van der Waals surface area contributed by atoms with Gasteiger partial charge in [-0.05, 0) is 60.7 Å². The first-order valence-corrected chi connectivity index (χ1v) is 19.9. The van der Waals surface area contributed by atoms with Crippen molar-refractivity contribution in [2.24, 2.45) is 0 Å². The first kappa shape index (κ1) is 36.8. The van der Waals surface area contributed by atoms with E-state index in [2.05, 4.69) is 54.2 Å². The number of anilines is 5. The molecule has 15 heteroatoms. The van der Waals surface area contributed by atoms with Gasteiger partial charge in [-0.3, -0.25) is 24.6 Å². The number of carbonyl (C=O) groups excluding carboxylic acids is 3. The van der Waals surface area contributed by atoms with Crippen molar-refractivity contribution in [2.75, 3.05) is 86.0 Å². The monoisotopic (exact) mass is 774 g/mol. The smallest absolute Gasteiger partial charge is 0.238 e. The van der Waals surface area contributed by atoms with Gasteiger partial charge in [0.15, 0.2) is 0 Å². The van der Waals surface area contributed by atoms with Crippen LogP contribution in [0.4, 0.5) is 33.1 Å². The molecule has 0 spiro atoms. The number of aromatic nitrogens is 3. The zero-order valence-electron chi connectivity index (χ0n) is 32.3. The molecule has 2 aromatic carbocycles. The summed E-state index contributed by atoms with van der Waals surface area (Å²) in [6.45, 7) is 9.54. The second-order valence-electron chi connectivity index (χ2n) is 15.7. The second-order valence-corrected chi connectivity index (χ2v) is 15.7. The maximum Gasteiger partial charge on any atom is 0.238 e.